The first-order valence-electron chi connectivity index (χ1n) is 6.92. The van der Waals surface area contributed by atoms with Crippen LogP contribution in [-0.4, -0.2) is 35.1 Å². The number of amides is 1. The highest BCUT2D eigenvalue weighted by molar-refractivity contribution is 6.32. The van der Waals surface area contributed by atoms with Gasteiger partial charge in [0.05, 0.1) is 30.5 Å². The number of ether oxygens (including phenoxy) is 2. The molecule has 0 aliphatic carbocycles. The van der Waals surface area contributed by atoms with E-state index in [1.165, 1.54) is 20.4 Å². The van der Waals surface area contributed by atoms with Crippen molar-refractivity contribution < 1.29 is 14.3 Å². The van der Waals surface area contributed by atoms with Crippen molar-refractivity contribution in [1.82, 2.24) is 15.0 Å². The molecule has 0 aliphatic heterocycles. The summed E-state index contributed by atoms with van der Waals surface area (Å²) in [5.74, 6) is 0.482. The van der Waals surface area contributed by atoms with Gasteiger partial charge in [-0.05, 0) is 6.07 Å². The summed E-state index contributed by atoms with van der Waals surface area (Å²) in [6, 6.07) is 4.78. The van der Waals surface area contributed by atoms with Crippen molar-refractivity contribution >= 4 is 34.4 Å². The van der Waals surface area contributed by atoms with Crippen LogP contribution >= 0.6 is 11.6 Å². The molecule has 0 bridgehead atoms. The van der Waals surface area contributed by atoms with Crippen molar-refractivity contribution in [3.8, 4) is 11.5 Å². The highest BCUT2D eigenvalue weighted by Crippen LogP contribution is 2.36. The Morgan fingerprint density at radius 3 is 2.54 bits per heavy atom. The second-order valence-corrected chi connectivity index (χ2v) is 5.17. The van der Waals surface area contributed by atoms with E-state index in [9.17, 15) is 4.79 Å². The third-order valence-electron chi connectivity index (χ3n) is 3.31. The molecule has 1 amide bonds. The molecule has 3 rings (SSSR count). The second-order valence-electron chi connectivity index (χ2n) is 4.76. The molecule has 2 aromatic heterocycles. The predicted octanol–water partition coefficient (Wildman–Crippen LogP) is 2.95. The Morgan fingerprint density at radius 2 is 1.79 bits per heavy atom. The molecule has 0 aliphatic rings. The van der Waals surface area contributed by atoms with Gasteiger partial charge >= 0.3 is 0 Å². The number of carbonyl (C=O) groups is 1. The van der Waals surface area contributed by atoms with E-state index in [4.69, 9.17) is 21.1 Å². The van der Waals surface area contributed by atoms with Gasteiger partial charge in [0, 0.05) is 30.7 Å². The van der Waals surface area contributed by atoms with Gasteiger partial charge < -0.3 is 14.8 Å². The number of fused-ring (bicyclic) bond motifs is 1. The molecule has 0 saturated heterocycles. The Labute approximate surface area is 142 Å². The topological polar surface area (TPSA) is 86.2 Å². The van der Waals surface area contributed by atoms with Crippen LogP contribution in [-0.2, 0) is 0 Å². The zero-order chi connectivity index (χ0) is 17.1. The van der Waals surface area contributed by atoms with Crippen LogP contribution in [0.1, 0.15) is 10.4 Å². The van der Waals surface area contributed by atoms with Crippen molar-refractivity contribution in [1.29, 1.82) is 0 Å². The summed E-state index contributed by atoms with van der Waals surface area (Å²) < 4.78 is 10.4. The van der Waals surface area contributed by atoms with Crippen LogP contribution in [0.25, 0.3) is 11.2 Å². The minimum absolute atomic E-state index is 0.346. The van der Waals surface area contributed by atoms with Gasteiger partial charge in [-0.25, -0.2) is 9.97 Å². The average molecular weight is 345 g/mol. The minimum atomic E-state index is -0.363. The maximum Gasteiger partial charge on any atom is 0.257 e. The molecular formula is C16H13ClN4O3. The van der Waals surface area contributed by atoms with Crippen LogP contribution in [0.5, 0.6) is 11.5 Å². The highest BCUT2D eigenvalue weighted by Gasteiger charge is 2.14. The summed E-state index contributed by atoms with van der Waals surface area (Å²) in [6.07, 6.45) is 4.52. The van der Waals surface area contributed by atoms with Crippen LogP contribution in [0.15, 0.2) is 36.8 Å². The van der Waals surface area contributed by atoms with Crippen molar-refractivity contribution in [3.05, 3.63) is 47.4 Å². The fourth-order valence-corrected chi connectivity index (χ4v) is 2.37. The summed E-state index contributed by atoms with van der Waals surface area (Å²) in [5.41, 5.74) is 1.78. The number of carbonyl (C=O) groups excluding carboxylic acids is 1. The maximum absolute atomic E-state index is 12.5. The van der Waals surface area contributed by atoms with Crippen LogP contribution in [0.4, 0.5) is 5.69 Å². The Hall–Kier alpha value is -2.93. The monoisotopic (exact) mass is 344 g/mol. The van der Waals surface area contributed by atoms with E-state index in [0.717, 1.165) is 0 Å². The largest absolute Gasteiger partial charge is 0.495 e. The van der Waals surface area contributed by atoms with E-state index in [1.807, 2.05) is 0 Å². The number of benzene rings is 1. The number of hydrogen-bond donors (Lipinski definition) is 1. The van der Waals surface area contributed by atoms with Gasteiger partial charge in [-0.2, -0.15) is 0 Å². The lowest BCUT2D eigenvalue weighted by atomic mass is 10.2. The molecule has 0 saturated carbocycles. The Kier molecular flexibility index (Phi) is 4.43. The van der Waals surface area contributed by atoms with Crippen molar-refractivity contribution in [3.63, 3.8) is 0 Å². The van der Waals surface area contributed by atoms with Gasteiger partial charge in [0.15, 0.2) is 5.65 Å². The number of hydrogen-bond acceptors (Lipinski definition) is 6. The Morgan fingerprint density at radius 1 is 1.04 bits per heavy atom. The number of aromatic nitrogens is 3. The molecule has 0 spiro atoms. The molecule has 0 fully saturated rings. The molecule has 122 valence electrons. The second kappa shape index (κ2) is 6.67. The minimum Gasteiger partial charge on any atom is -0.495 e. The molecule has 3 aromatic rings. The first-order chi connectivity index (χ1) is 11.6. The first kappa shape index (κ1) is 15.9. The maximum atomic E-state index is 12.5. The van der Waals surface area contributed by atoms with Gasteiger partial charge in [0.1, 0.15) is 17.0 Å². The standard InChI is InChI=1S/C16H13ClN4O3/c1-23-13-7-11(14(24-2)6-10(13)17)21-16(22)9-5-12-15(20-8-9)19-4-3-18-12/h3-8H,1-2H3,(H,21,22). The van der Waals surface area contributed by atoms with Gasteiger partial charge in [-0.3, -0.25) is 9.78 Å². The fraction of sp³-hybridized carbons (Fsp3) is 0.125. The number of anilines is 1. The SMILES string of the molecule is COc1cc(NC(=O)c2cnc3nccnc3c2)c(OC)cc1Cl. The lowest BCUT2D eigenvalue weighted by Crippen LogP contribution is -2.13. The van der Waals surface area contributed by atoms with Gasteiger partial charge in [0.25, 0.3) is 5.91 Å². The number of rotatable bonds is 4. The lowest BCUT2D eigenvalue weighted by Gasteiger charge is -2.13. The number of methoxy groups -OCH3 is 2. The highest BCUT2D eigenvalue weighted by atomic mass is 35.5. The van der Waals surface area contributed by atoms with Crippen molar-refractivity contribution in [2.24, 2.45) is 0 Å². The van der Waals surface area contributed by atoms with Crippen LogP contribution < -0.4 is 14.8 Å². The predicted molar refractivity (Wildman–Crippen MR) is 89.8 cm³/mol. The fourth-order valence-electron chi connectivity index (χ4n) is 2.13. The molecule has 1 aromatic carbocycles. The average Bonchev–Trinajstić information content (AvgIpc) is 2.62. The summed E-state index contributed by atoms with van der Waals surface area (Å²) in [6.45, 7) is 0. The Bertz CT molecular complexity index is 917. The molecule has 2 heterocycles. The zero-order valence-corrected chi connectivity index (χ0v) is 13.7. The van der Waals surface area contributed by atoms with E-state index in [0.29, 0.717) is 38.9 Å². The number of nitrogens with one attached hydrogen (secondary N) is 1. The molecule has 0 unspecified atom stereocenters. The summed E-state index contributed by atoms with van der Waals surface area (Å²) in [4.78, 5) is 24.8. The van der Waals surface area contributed by atoms with Crippen molar-refractivity contribution in [2.75, 3.05) is 19.5 Å². The Balaban J connectivity index is 1.93. The number of pyridine rings is 1. The molecule has 1 N–H and O–H groups in total. The van der Waals surface area contributed by atoms with Gasteiger partial charge in [0.2, 0.25) is 0 Å². The molecule has 0 radical (unpaired) electrons. The third kappa shape index (κ3) is 3.07. The summed E-state index contributed by atoms with van der Waals surface area (Å²) >= 11 is 6.06. The normalized spacial score (nSPS) is 10.5. The van der Waals surface area contributed by atoms with E-state index in [2.05, 4.69) is 20.3 Å². The van der Waals surface area contributed by atoms with E-state index in [1.54, 1.807) is 30.6 Å². The van der Waals surface area contributed by atoms with Crippen LogP contribution in [0.3, 0.4) is 0 Å². The van der Waals surface area contributed by atoms with E-state index < -0.39 is 0 Å². The van der Waals surface area contributed by atoms with Gasteiger partial charge in [-0.15, -0.1) is 0 Å². The van der Waals surface area contributed by atoms with Crippen LogP contribution in [0.2, 0.25) is 5.02 Å². The van der Waals surface area contributed by atoms with Crippen LogP contribution in [0, 0.1) is 0 Å². The first-order valence-corrected chi connectivity index (χ1v) is 7.30. The molecule has 8 heteroatoms. The zero-order valence-electron chi connectivity index (χ0n) is 12.9. The quantitative estimate of drug-likeness (QED) is 0.783. The number of nitrogens with zero attached hydrogens (tertiary/aromatic N) is 3. The molecular weight excluding hydrogens is 332 g/mol. The summed E-state index contributed by atoms with van der Waals surface area (Å²) in [7, 11) is 2.98. The smallest absolute Gasteiger partial charge is 0.257 e. The third-order valence-corrected chi connectivity index (χ3v) is 3.60. The van der Waals surface area contributed by atoms with E-state index in [-0.39, 0.29) is 5.91 Å². The lowest BCUT2D eigenvalue weighted by molar-refractivity contribution is 0.102. The molecule has 7 nitrogen and oxygen atoms in total. The van der Waals surface area contributed by atoms with Gasteiger partial charge in [-0.1, -0.05) is 11.6 Å². The molecule has 0 atom stereocenters. The van der Waals surface area contributed by atoms with E-state index >= 15 is 0 Å². The summed E-state index contributed by atoms with van der Waals surface area (Å²) in [5, 5.41) is 3.14. The number of halogens is 1. The molecule has 24 heavy (non-hydrogen) atoms. The van der Waals surface area contributed by atoms with Crippen molar-refractivity contribution in [2.45, 2.75) is 0 Å².